The number of phenolic OH excluding ortho intramolecular Hbond substituents is 1. The minimum Gasteiger partial charge on any atom is -0.504 e. The van der Waals surface area contributed by atoms with Gasteiger partial charge in [0.2, 0.25) is 0 Å². The van der Waals surface area contributed by atoms with Gasteiger partial charge in [-0.15, -0.1) is 0 Å². The number of fused-ring (bicyclic) bond motifs is 1. The van der Waals surface area contributed by atoms with E-state index in [0.717, 1.165) is 24.5 Å². The molecule has 2 aromatic rings. The molecule has 6 unspecified atom stereocenters. The highest BCUT2D eigenvalue weighted by Crippen LogP contribution is 2.91. The number of ether oxygens (including phenoxy) is 1. The summed E-state index contributed by atoms with van der Waals surface area (Å²) in [5.74, 6) is 2.60. The average Bonchev–Trinajstić information content (AvgIpc) is 3.32. The van der Waals surface area contributed by atoms with Crippen LogP contribution in [0.4, 0.5) is 0 Å². The molecule has 9 rings (SSSR count). The van der Waals surface area contributed by atoms with Crippen LogP contribution in [0.15, 0.2) is 42.5 Å². The van der Waals surface area contributed by atoms with E-state index in [0.29, 0.717) is 34.3 Å². The maximum Gasteiger partial charge on any atom is 0.161 e. The van der Waals surface area contributed by atoms with Crippen molar-refractivity contribution in [3.63, 3.8) is 0 Å². The number of benzene rings is 2. The van der Waals surface area contributed by atoms with Gasteiger partial charge in [0.1, 0.15) is 0 Å². The van der Waals surface area contributed by atoms with Crippen molar-refractivity contribution in [2.75, 3.05) is 20.2 Å². The number of piperidine rings is 1. The molecule has 0 aromatic heterocycles. The average molecular weight is 469 g/mol. The molecular formula is C31H36N2O2. The molecule has 4 saturated carbocycles. The lowest BCUT2D eigenvalue weighted by molar-refractivity contribution is -0.336. The number of hydrogen-bond acceptors (Lipinski definition) is 4. The van der Waals surface area contributed by atoms with Gasteiger partial charge in [0.25, 0.3) is 0 Å². The maximum atomic E-state index is 11.7. The van der Waals surface area contributed by atoms with Crippen LogP contribution in [-0.4, -0.2) is 53.2 Å². The van der Waals surface area contributed by atoms with Gasteiger partial charge in [0.05, 0.1) is 7.11 Å². The molecule has 5 aliphatic carbocycles. The highest BCUT2D eigenvalue weighted by atomic mass is 16.5. The standard InChI is InChI=1S/C31H36N2O2/c1-35-24-11-10-20-14-30-18-33(22-8-5-9-22)28(30)29-13-12-23-25(31(29,30)26(20)27(24)34)21(15-29)17-32(23)16-19-6-3-2-4-7-19/h2-4,6-7,10-11,21-23,25,28,34H,5,8-9,12-18H2,1H3/t21-,23?,25?,28?,29?,30?,31?/m1/s1. The van der Waals surface area contributed by atoms with Gasteiger partial charge >= 0.3 is 0 Å². The first kappa shape index (κ1) is 20.1. The van der Waals surface area contributed by atoms with Gasteiger partial charge < -0.3 is 9.84 Å². The van der Waals surface area contributed by atoms with Crippen molar-refractivity contribution >= 4 is 0 Å². The molecule has 1 N–H and O–H groups in total. The maximum absolute atomic E-state index is 11.7. The van der Waals surface area contributed by atoms with E-state index in [1.807, 2.05) is 6.07 Å². The van der Waals surface area contributed by atoms with Crippen LogP contribution in [0, 0.1) is 22.7 Å². The van der Waals surface area contributed by atoms with Crippen molar-refractivity contribution in [3.05, 3.63) is 59.2 Å². The predicted molar refractivity (Wildman–Crippen MR) is 135 cm³/mol. The summed E-state index contributed by atoms with van der Waals surface area (Å²) in [7, 11) is 1.71. The van der Waals surface area contributed by atoms with Crippen molar-refractivity contribution in [2.24, 2.45) is 22.7 Å². The summed E-state index contributed by atoms with van der Waals surface area (Å²) < 4.78 is 5.71. The Balaban J connectivity index is 1.20. The first-order valence-electron chi connectivity index (χ1n) is 14.1. The van der Waals surface area contributed by atoms with Gasteiger partial charge in [0, 0.05) is 54.2 Å². The Morgan fingerprint density at radius 2 is 1.91 bits per heavy atom. The first-order valence-corrected chi connectivity index (χ1v) is 14.1. The third kappa shape index (κ3) is 1.93. The van der Waals surface area contributed by atoms with Crippen molar-refractivity contribution in [2.45, 2.75) is 75.0 Å². The minimum atomic E-state index is 0.151. The van der Waals surface area contributed by atoms with Crippen molar-refractivity contribution < 1.29 is 9.84 Å². The molecule has 4 heteroatoms. The van der Waals surface area contributed by atoms with E-state index in [9.17, 15) is 5.11 Å². The summed E-state index contributed by atoms with van der Waals surface area (Å²) in [6.45, 7) is 3.57. The van der Waals surface area contributed by atoms with Gasteiger partial charge in [-0.25, -0.2) is 0 Å². The molecule has 2 bridgehead atoms. The third-order valence-electron chi connectivity index (χ3n) is 12.4. The lowest BCUT2D eigenvalue weighted by Crippen LogP contribution is -2.92. The summed E-state index contributed by atoms with van der Waals surface area (Å²) in [4.78, 5) is 5.80. The van der Waals surface area contributed by atoms with E-state index in [1.165, 1.54) is 74.7 Å². The van der Waals surface area contributed by atoms with Crippen LogP contribution in [0.2, 0.25) is 0 Å². The van der Waals surface area contributed by atoms with Crippen molar-refractivity contribution in [3.8, 4) is 11.5 Å². The van der Waals surface area contributed by atoms with Crippen molar-refractivity contribution in [1.29, 1.82) is 0 Å². The van der Waals surface area contributed by atoms with E-state index in [4.69, 9.17) is 4.74 Å². The van der Waals surface area contributed by atoms with Crippen LogP contribution in [0.25, 0.3) is 0 Å². The van der Waals surface area contributed by atoms with E-state index in [-0.39, 0.29) is 5.41 Å². The zero-order valence-corrected chi connectivity index (χ0v) is 20.7. The number of likely N-dealkylation sites (tertiary alicyclic amines) is 2. The summed E-state index contributed by atoms with van der Waals surface area (Å²) in [5.41, 5.74) is 5.07. The SMILES string of the molecule is COc1ccc2c(c1O)C13C4C5CCC1(C[C@@H]4CN5Cc1ccccc1)C1N(C4CCC4)CC13C2. The Hall–Kier alpha value is -2.04. The van der Waals surface area contributed by atoms with Gasteiger partial charge in [-0.3, -0.25) is 9.80 Å². The number of methoxy groups -OCH3 is 1. The molecule has 2 heterocycles. The topological polar surface area (TPSA) is 35.9 Å². The van der Waals surface area contributed by atoms with E-state index >= 15 is 0 Å². The van der Waals surface area contributed by atoms with Gasteiger partial charge in [0.15, 0.2) is 11.5 Å². The lowest BCUT2D eigenvalue weighted by Gasteiger charge is -2.85. The molecule has 7 atom stereocenters. The Morgan fingerprint density at radius 3 is 2.69 bits per heavy atom. The molecule has 35 heavy (non-hydrogen) atoms. The van der Waals surface area contributed by atoms with Crippen LogP contribution < -0.4 is 4.74 Å². The largest absolute Gasteiger partial charge is 0.504 e. The fraction of sp³-hybridized carbons (Fsp3) is 0.613. The molecule has 4 nitrogen and oxygen atoms in total. The number of phenols is 1. The Labute approximate surface area is 208 Å². The van der Waals surface area contributed by atoms with Gasteiger partial charge in [-0.1, -0.05) is 42.8 Å². The third-order valence-corrected chi connectivity index (χ3v) is 12.4. The number of hydrogen-bond donors (Lipinski definition) is 1. The fourth-order valence-corrected chi connectivity index (χ4v) is 11.8. The molecule has 2 aliphatic heterocycles. The summed E-state index contributed by atoms with van der Waals surface area (Å²) in [5, 5.41) is 11.7. The number of aromatic hydroxyl groups is 1. The second-order valence-electron chi connectivity index (χ2n) is 13.1. The minimum absolute atomic E-state index is 0.151. The zero-order chi connectivity index (χ0) is 23.2. The van der Waals surface area contributed by atoms with Crippen LogP contribution in [0.1, 0.15) is 55.2 Å². The predicted octanol–water partition coefficient (Wildman–Crippen LogP) is 4.73. The van der Waals surface area contributed by atoms with E-state index in [1.54, 1.807) is 7.11 Å². The Morgan fingerprint density at radius 1 is 1.06 bits per heavy atom. The van der Waals surface area contributed by atoms with E-state index < -0.39 is 0 Å². The summed E-state index contributed by atoms with van der Waals surface area (Å²) >= 11 is 0. The van der Waals surface area contributed by atoms with Crippen molar-refractivity contribution in [1.82, 2.24) is 9.80 Å². The molecule has 182 valence electrons. The van der Waals surface area contributed by atoms with Crippen LogP contribution >= 0.6 is 0 Å². The molecule has 0 amide bonds. The van der Waals surface area contributed by atoms with Gasteiger partial charge in [-0.05, 0) is 73.0 Å². The van der Waals surface area contributed by atoms with Crippen LogP contribution in [-0.2, 0) is 18.4 Å². The molecule has 2 spiro atoms. The number of rotatable bonds is 4. The van der Waals surface area contributed by atoms with Crippen LogP contribution in [0.5, 0.6) is 11.5 Å². The first-order chi connectivity index (χ1) is 17.1. The number of nitrogens with zero attached hydrogens (tertiary/aromatic N) is 2. The highest BCUT2D eigenvalue weighted by Gasteiger charge is 2.94. The summed E-state index contributed by atoms with van der Waals surface area (Å²) in [6, 6.07) is 17.6. The smallest absolute Gasteiger partial charge is 0.161 e. The molecule has 2 saturated heterocycles. The fourth-order valence-electron chi connectivity index (χ4n) is 11.8. The second-order valence-corrected chi connectivity index (χ2v) is 13.1. The lowest BCUT2D eigenvalue weighted by atomic mass is 9.26. The molecule has 0 radical (unpaired) electrons. The highest BCUT2D eigenvalue weighted by molar-refractivity contribution is 5.67. The molecular weight excluding hydrogens is 432 g/mol. The zero-order valence-electron chi connectivity index (χ0n) is 20.7. The molecule has 6 fully saturated rings. The molecule has 7 aliphatic rings. The van der Waals surface area contributed by atoms with Crippen LogP contribution in [0.3, 0.4) is 0 Å². The second kappa shape index (κ2) is 6.26. The Kier molecular flexibility index (Phi) is 3.59. The quantitative estimate of drug-likeness (QED) is 0.704. The normalized spacial score (nSPS) is 44.5. The van der Waals surface area contributed by atoms with Gasteiger partial charge in [-0.2, -0.15) is 0 Å². The Bertz CT molecular complexity index is 1240. The summed E-state index contributed by atoms with van der Waals surface area (Å²) in [6.07, 6.45) is 9.43. The monoisotopic (exact) mass is 468 g/mol. The molecule has 2 aromatic carbocycles. The van der Waals surface area contributed by atoms with E-state index in [2.05, 4.69) is 46.2 Å².